The number of pyridine rings is 1. The fourth-order valence-corrected chi connectivity index (χ4v) is 4.92. The Morgan fingerprint density at radius 2 is 1.79 bits per heavy atom. The third kappa shape index (κ3) is 5.69. The van der Waals surface area contributed by atoms with Gasteiger partial charge in [0.05, 0.1) is 5.41 Å². The Morgan fingerprint density at radius 3 is 2.48 bits per heavy atom. The summed E-state index contributed by atoms with van der Waals surface area (Å²) in [6.45, 7) is 8.95. The second-order valence-corrected chi connectivity index (χ2v) is 9.74. The smallest absolute Gasteiger partial charge is 0.226 e. The Morgan fingerprint density at radius 1 is 1.03 bits per heavy atom. The normalized spacial score (nSPS) is 16.0. The van der Waals surface area contributed by atoms with Crippen molar-refractivity contribution in [1.29, 1.82) is 0 Å². The third-order valence-corrected chi connectivity index (χ3v) is 6.77. The van der Waals surface area contributed by atoms with E-state index in [2.05, 4.69) is 76.7 Å². The molecule has 2 heterocycles. The SMILES string of the molecule is Cc1ccccc1-c1cccc(CC2(C(=O)NC(C)C)CCN(Cc3cccnc3)CC2)c1. The molecule has 2 aromatic carbocycles. The van der Waals surface area contributed by atoms with E-state index in [4.69, 9.17) is 0 Å². The van der Waals surface area contributed by atoms with Gasteiger partial charge in [-0.1, -0.05) is 54.6 Å². The van der Waals surface area contributed by atoms with Gasteiger partial charge >= 0.3 is 0 Å². The van der Waals surface area contributed by atoms with E-state index in [1.807, 2.05) is 32.3 Å². The zero-order chi connectivity index (χ0) is 23.3. The summed E-state index contributed by atoms with van der Waals surface area (Å²) in [6, 6.07) is 21.5. The maximum absolute atomic E-state index is 13.5. The summed E-state index contributed by atoms with van der Waals surface area (Å²) in [5.41, 5.74) is 5.83. The van der Waals surface area contributed by atoms with Crippen LogP contribution in [0.15, 0.2) is 73.1 Å². The van der Waals surface area contributed by atoms with Crippen LogP contribution in [0, 0.1) is 12.3 Å². The van der Waals surface area contributed by atoms with Gasteiger partial charge in [-0.15, -0.1) is 0 Å². The van der Waals surface area contributed by atoms with Crippen molar-refractivity contribution < 1.29 is 4.79 Å². The predicted molar refractivity (Wildman–Crippen MR) is 135 cm³/mol. The van der Waals surface area contributed by atoms with Crippen LogP contribution in [0.3, 0.4) is 0 Å². The molecule has 0 spiro atoms. The molecular formula is C29H35N3O. The van der Waals surface area contributed by atoms with Gasteiger partial charge in [0, 0.05) is 25.0 Å². The number of piperidine rings is 1. The van der Waals surface area contributed by atoms with E-state index < -0.39 is 0 Å². The average molecular weight is 442 g/mol. The van der Waals surface area contributed by atoms with Crippen LogP contribution in [0.25, 0.3) is 11.1 Å². The second kappa shape index (κ2) is 10.3. The summed E-state index contributed by atoms with van der Waals surface area (Å²) in [7, 11) is 0. The lowest BCUT2D eigenvalue weighted by Gasteiger charge is -2.41. The maximum atomic E-state index is 13.5. The van der Waals surface area contributed by atoms with E-state index in [1.54, 1.807) is 0 Å². The van der Waals surface area contributed by atoms with Crippen molar-refractivity contribution in [3.8, 4) is 11.1 Å². The topological polar surface area (TPSA) is 45.2 Å². The minimum absolute atomic E-state index is 0.140. The van der Waals surface area contributed by atoms with Crippen molar-refractivity contribution in [3.05, 3.63) is 89.7 Å². The fourth-order valence-electron chi connectivity index (χ4n) is 4.92. The lowest BCUT2D eigenvalue weighted by atomic mass is 9.72. The van der Waals surface area contributed by atoms with Crippen LogP contribution in [0.4, 0.5) is 0 Å². The number of hydrogen-bond donors (Lipinski definition) is 1. The molecule has 1 aromatic heterocycles. The van der Waals surface area contributed by atoms with Gasteiger partial charge in [-0.05, 0) is 87.0 Å². The number of aromatic nitrogens is 1. The van der Waals surface area contributed by atoms with Crippen molar-refractivity contribution in [2.75, 3.05) is 13.1 Å². The Bertz CT molecular complexity index is 1070. The average Bonchev–Trinajstić information content (AvgIpc) is 2.81. The van der Waals surface area contributed by atoms with Crippen LogP contribution in [-0.2, 0) is 17.8 Å². The quantitative estimate of drug-likeness (QED) is 0.533. The number of rotatable bonds is 7. The van der Waals surface area contributed by atoms with Gasteiger partial charge in [0.15, 0.2) is 0 Å². The number of amides is 1. The lowest BCUT2D eigenvalue weighted by Crippen LogP contribution is -2.51. The Hall–Kier alpha value is -2.98. The Labute approximate surface area is 198 Å². The zero-order valence-corrected chi connectivity index (χ0v) is 20.1. The Kier molecular flexibility index (Phi) is 7.24. The molecule has 0 aliphatic carbocycles. The van der Waals surface area contributed by atoms with Gasteiger partial charge in [-0.3, -0.25) is 14.7 Å². The molecule has 172 valence electrons. The number of aryl methyl sites for hydroxylation is 1. The molecule has 1 N–H and O–H groups in total. The highest BCUT2D eigenvalue weighted by Gasteiger charge is 2.41. The summed E-state index contributed by atoms with van der Waals surface area (Å²) in [5.74, 6) is 0.194. The standard InChI is InChI=1S/C29H35N3O/c1-22(2)31-28(33)29(13-16-32(17-14-29)21-25-10-7-15-30-20-25)19-24-9-6-11-26(18-24)27-12-5-4-8-23(27)3/h4-12,15,18,20,22H,13-14,16-17,19,21H2,1-3H3,(H,31,33). The first kappa shape index (κ1) is 23.2. The molecule has 3 aromatic rings. The van der Waals surface area contributed by atoms with Gasteiger partial charge in [0.2, 0.25) is 5.91 Å². The molecule has 4 rings (SSSR count). The summed E-state index contributed by atoms with van der Waals surface area (Å²) in [6.07, 6.45) is 6.24. The van der Waals surface area contributed by atoms with Crippen molar-refractivity contribution in [1.82, 2.24) is 15.2 Å². The lowest BCUT2D eigenvalue weighted by molar-refractivity contribution is -0.134. The summed E-state index contributed by atoms with van der Waals surface area (Å²) < 4.78 is 0. The van der Waals surface area contributed by atoms with E-state index in [0.717, 1.165) is 38.9 Å². The highest BCUT2D eigenvalue weighted by atomic mass is 16.2. The van der Waals surface area contributed by atoms with Crippen molar-refractivity contribution >= 4 is 5.91 Å². The number of carbonyl (C=O) groups excluding carboxylic acids is 1. The van der Waals surface area contributed by atoms with Crippen LogP contribution in [0.1, 0.15) is 43.4 Å². The molecular weight excluding hydrogens is 406 g/mol. The van der Waals surface area contributed by atoms with Gasteiger partial charge < -0.3 is 5.32 Å². The Balaban J connectivity index is 1.54. The summed E-state index contributed by atoms with van der Waals surface area (Å²) >= 11 is 0. The summed E-state index contributed by atoms with van der Waals surface area (Å²) in [5, 5.41) is 3.23. The van der Waals surface area contributed by atoms with Crippen LogP contribution >= 0.6 is 0 Å². The molecule has 0 atom stereocenters. The molecule has 4 nitrogen and oxygen atoms in total. The van der Waals surface area contributed by atoms with Gasteiger partial charge in [0.25, 0.3) is 0 Å². The van der Waals surface area contributed by atoms with E-state index in [1.165, 1.54) is 27.8 Å². The number of hydrogen-bond acceptors (Lipinski definition) is 3. The van der Waals surface area contributed by atoms with E-state index >= 15 is 0 Å². The first-order chi connectivity index (χ1) is 15.9. The molecule has 0 radical (unpaired) electrons. The molecule has 1 aliphatic rings. The number of nitrogens with one attached hydrogen (secondary N) is 1. The number of likely N-dealkylation sites (tertiary alicyclic amines) is 1. The van der Waals surface area contributed by atoms with E-state index in [-0.39, 0.29) is 17.4 Å². The zero-order valence-electron chi connectivity index (χ0n) is 20.1. The predicted octanol–water partition coefficient (Wildman–Crippen LogP) is 5.41. The monoisotopic (exact) mass is 441 g/mol. The molecule has 0 bridgehead atoms. The number of carbonyl (C=O) groups is 1. The fraction of sp³-hybridized carbons (Fsp3) is 0.379. The highest BCUT2D eigenvalue weighted by Crippen LogP contribution is 2.37. The molecule has 1 fully saturated rings. The summed E-state index contributed by atoms with van der Waals surface area (Å²) in [4.78, 5) is 20.2. The van der Waals surface area contributed by atoms with Crippen LogP contribution < -0.4 is 5.32 Å². The largest absolute Gasteiger partial charge is 0.353 e. The molecule has 1 saturated heterocycles. The van der Waals surface area contributed by atoms with E-state index in [0.29, 0.717) is 0 Å². The molecule has 4 heteroatoms. The van der Waals surface area contributed by atoms with Crippen molar-refractivity contribution in [3.63, 3.8) is 0 Å². The third-order valence-electron chi connectivity index (χ3n) is 6.77. The van der Waals surface area contributed by atoms with Gasteiger partial charge in [0.1, 0.15) is 0 Å². The highest BCUT2D eigenvalue weighted by molar-refractivity contribution is 5.83. The van der Waals surface area contributed by atoms with Gasteiger partial charge in [-0.2, -0.15) is 0 Å². The molecule has 33 heavy (non-hydrogen) atoms. The minimum Gasteiger partial charge on any atom is -0.353 e. The first-order valence-electron chi connectivity index (χ1n) is 12.0. The maximum Gasteiger partial charge on any atom is 0.226 e. The molecule has 1 amide bonds. The van der Waals surface area contributed by atoms with Crippen LogP contribution in [0.2, 0.25) is 0 Å². The molecule has 0 saturated carbocycles. The molecule has 0 unspecified atom stereocenters. The van der Waals surface area contributed by atoms with Crippen LogP contribution in [0.5, 0.6) is 0 Å². The van der Waals surface area contributed by atoms with Crippen molar-refractivity contribution in [2.24, 2.45) is 5.41 Å². The number of nitrogens with zero attached hydrogens (tertiary/aromatic N) is 2. The van der Waals surface area contributed by atoms with Crippen molar-refractivity contribution in [2.45, 2.75) is 52.6 Å². The second-order valence-electron chi connectivity index (χ2n) is 9.74. The first-order valence-corrected chi connectivity index (χ1v) is 12.0. The number of benzene rings is 2. The van der Waals surface area contributed by atoms with E-state index in [9.17, 15) is 4.79 Å². The van der Waals surface area contributed by atoms with Gasteiger partial charge in [-0.25, -0.2) is 0 Å². The van der Waals surface area contributed by atoms with Crippen LogP contribution in [-0.4, -0.2) is 34.9 Å². The molecule has 1 aliphatic heterocycles. The minimum atomic E-state index is -0.375.